The Kier molecular flexibility index (Phi) is 3.89. The van der Waals surface area contributed by atoms with Crippen LogP contribution < -0.4 is 14.8 Å². The monoisotopic (exact) mass is 235 g/mol. The third kappa shape index (κ3) is 2.39. The Labute approximate surface area is 103 Å². The summed E-state index contributed by atoms with van der Waals surface area (Å²) in [5.74, 6) is 2.49. The molecule has 1 N–H and O–H groups in total. The zero-order chi connectivity index (χ0) is 12.3. The molecular formula is C14H21NO2. The summed E-state index contributed by atoms with van der Waals surface area (Å²) >= 11 is 0. The Morgan fingerprint density at radius 3 is 2.47 bits per heavy atom. The molecule has 1 atom stereocenters. The lowest BCUT2D eigenvalue weighted by molar-refractivity contribution is 0.235. The van der Waals surface area contributed by atoms with Gasteiger partial charge in [0, 0.05) is 17.7 Å². The highest BCUT2D eigenvalue weighted by atomic mass is 16.5. The lowest BCUT2D eigenvalue weighted by atomic mass is 9.77. The molecule has 1 aliphatic carbocycles. The molecule has 1 aromatic rings. The third-order valence-electron chi connectivity index (χ3n) is 3.71. The first kappa shape index (κ1) is 12.2. The van der Waals surface area contributed by atoms with E-state index in [1.165, 1.54) is 24.8 Å². The molecule has 0 aromatic heterocycles. The number of hydrogen-bond acceptors (Lipinski definition) is 3. The number of methoxy groups -OCH3 is 2. The summed E-state index contributed by atoms with van der Waals surface area (Å²) in [4.78, 5) is 0. The Morgan fingerprint density at radius 1 is 1.24 bits per heavy atom. The lowest BCUT2D eigenvalue weighted by Crippen LogP contribution is -2.30. The molecule has 0 heterocycles. The summed E-state index contributed by atoms with van der Waals surface area (Å²) in [6, 6.07) is 6.46. The third-order valence-corrected chi connectivity index (χ3v) is 3.71. The van der Waals surface area contributed by atoms with Crippen LogP contribution in [0.2, 0.25) is 0 Å². The van der Waals surface area contributed by atoms with Gasteiger partial charge in [-0.3, -0.25) is 0 Å². The Morgan fingerprint density at radius 2 is 2.00 bits per heavy atom. The topological polar surface area (TPSA) is 30.5 Å². The zero-order valence-electron chi connectivity index (χ0n) is 10.8. The number of rotatable bonds is 5. The molecule has 2 rings (SSSR count). The van der Waals surface area contributed by atoms with Crippen LogP contribution in [0.3, 0.4) is 0 Å². The second-order valence-corrected chi connectivity index (χ2v) is 4.57. The Balaban J connectivity index is 2.28. The van der Waals surface area contributed by atoms with Gasteiger partial charge >= 0.3 is 0 Å². The maximum atomic E-state index is 5.47. The first-order valence-electron chi connectivity index (χ1n) is 6.19. The van der Waals surface area contributed by atoms with Gasteiger partial charge in [-0.25, -0.2) is 0 Å². The molecule has 0 amide bonds. The van der Waals surface area contributed by atoms with Crippen molar-refractivity contribution in [2.75, 3.05) is 21.3 Å². The average molecular weight is 235 g/mol. The number of hydrogen-bond donors (Lipinski definition) is 1. The van der Waals surface area contributed by atoms with Crippen molar-refractivity contribution in [1.82, 2.24) is 5.32 Å². The van der Waals surface area contributed by atoms with Gasteiger partial charge in [0.1, 0.15) is 11.5 Å². The molecule has 94 valence electrons. The molecule has 17 heavy (non-hydrogen) atoms. The van der Waals surface area contributed by atoms with E-state index in [0.29, 0.717) is 6.04 Å². The molecule has 0 radical (unpaired) electrons. The molecule has 1 saturated carbocycles. The van der Waals surface area contributed by atoms with Crippen LogP contribution >= 0.6 is 0 Å². The first-order valence-corrected chi connectivity index (χ1v) is 6.19. The van der Waals surface area contributed by atoms with Crippen molar-refractivity contribution in [3.63, 3.8) is 0 Å². The van der Waals surface area contributed by atoms with E-state index >= 15 is 0 Å². The molecule has 0 bridgehead atoms. The molecule has 3 nitrogen and oxygen atoms in total. The van der Waals surface area contributed by atoms with Crippen LogP contribution in [-0.2, 0) is 0 Å². The summed E-state index contributed by atoms with van der Waals surface area (Å²) in [5, 5.41) is 3.41. The van der Waals surface area contributed by atoms with Gasteiger partial charge in [0.2, 0.25) is 0 Å². The quantitative estimate of drug-likeness (QED) is 0.851. The summed E-state index contributed by atoms with van der Waals surface area (Å²) in [7, 11) is 5.41. The van der Waals surface area contributed by atoms with Crippen LogP contribution in [0, 0.1) is 5.92 Å². The van der Waals surface area contributed by atoms with Crippen molar-refractivity contribution in [3.05, 3.63) is 23.8 Å². The van der Waals surface area contributed by atoms with Crippen LogP contribution in [0.1, 0.15) is 30.9 Å². The average Bonchev–Trinajstić information content (AvgIpc) is 2.32. The van der Waals surface area contributed by atoms with Crippen LogP contribution in [0.5, 0.6) is 11.5 Å². The second-order valence-electron chi connectivity index (χ2n) is 4.57. The van der Waals surface area contributed by atoms with Crippen molar-refractivity contribution in [3.8, 4) is 11.5 Å². The highest BCUT2D eigenvalue weighted by molar-refractivity contribution is 5.43. The van der Waals surface area contributed by atoms with Crippen molar-refractivity contribution < 1.29 is 9.47 Å². The fourth-order valence-electron chi connectivity index (χ4n) is 2.49. The summed E-state index contributed by atoms with van der Waals surface area (Å²) in [6.45, 7) is 0. The summed E-state index contributed by atoms with van der Waals surface area (Å²) < 4.78 is 10.7. The second kappa shape index (κ2) is 5.41. The van der Waals surface area contributed by atoms with Crippen molar-refractivity contribution >= 4 is 0 Å². The van der Waals surface area contributed by atoms with Crippen LogP contribution in [0.25, 0.3) is 0 Å². The van der Waals surface area contributed by atoms with Crippen LogP contribution in [0.15, 0.2) is 18.2 Å². The van der Waals surface area contributed by atoms with Crippen LogP contribution in [-0.4, -0.2) is 21.3 Å². The van der Waals surface area contributed by atoms with E-state index in [9.17, 15) is 0 Å². The number of nitrogens with one attached hydrogen (secondary N) is 1. The Hall–Kier alpha value is -1.22. The molecule has 1 aliphatic rings. The highest BCUT2D eigenvalue weighted by Gasteiger charge is 2.29. The summed E-state index contributed by atoms with van der Waals surface area (Å²) in [6.07, 6.45) is 3.96. The molecule has 0 spiro atoms. The number of ether oxygens (including phenoxy) is 2. The van der Waals surface area contributed by atoms with E-state index < -0.39 is 0 Å². The molecule has 1 aromatic carbocycles. The van der Waals surface area contributed by atoms with E-state index in [0.717, 1.165) is 17.4 Å². The fraction of sp³-hybridized carbons (Fsp3) is 0.571. The van der Waals surface area contributed by atoms with E-state index in [2.05, 4.69) is 11.4 Å². The highest BCUT2D eigenvalue weighted by Crippen LogP contribution is 2.41. The minimum absolute atomic E-state index is 0.393. The molecular weight excluding hydrogens is 214 g/mol. The zero-order valence-corrected chi connectivity index (χ0v) is 10.8. The molecule has 0 aliphatic heterocycles. The molecule has 3 heteroatoms. The molecule has 0 saturated heterocycles. The van der Waals surface area contributed by atoms with Crippen molar-refractivity contribution in [2.24, 2.45) is 5.92 Å². The van der Waals surface area contributed by atoms with Crippen molar-refractivity contribution in [2.45, 2.75) is 25.3 Å². The van der Waals surface area contributed by atoms with Gasteiger partial charge in [-0.2, -0.15) is 0 Å². The van der Waals surface area contributed by atoms with Crippen molar-refractivity contribution in [1.29, 1.82) is 0 Å². The van der Waals surface area contributed by atoms with Crippen LogP contribution in [0.4, 0.5) is 0 Å². The van der Waals surface area contributed by atoms with Gasteiger partial charge in [0.25, 0.3) is 0 Å². The molecule has 1 unspecified atom stereocenters. The predicted octanol–water partition coefficient (Wildman–Crippen LogP) is 2.76. The number of benzene rings is 1. The van der Waals surface area contributed by atoms with Gasteiger partial charge in [0.05, 0.1) is 14.2 Å². The minimum atomic E-state index is 0.393. The van der Waals surface area contributed by atoms with Gasteiger partial charge in [-0.05, 0) is 31.9 Å². The fourth-order valence-corrected chi connectivity index (χ4v) is 2.49. The van der Waals surface area contributed by atoms with E-state index in [-0.39, 0.29) is 0 Å². The summed E-state index contributed by atoms with van der Waals surface area (Å²) in [5.41, 5.74) is 1.24. The lowest BCUT2D eigenvalue weighted by Gasteiger charge is -2.34. The maximum absolute atomic E-state index is 5.47. The normalized spacial score (nSPS) is 17.4. The smallest absolute Gasteiger partial charge is 0.127 e. The van der Waals surface area contributed by atoms with E-state index in [1.54, 1.807) is 14.2 Å². The van der Waals surface area contributed by atoms with E-state index in [4.69, 9.17) is 9.47 Å². The minimum Gasteiger partial charge on any atom is -0.497 e. The predicted molar refractivity (Wildman–Crippen MR) is 68.7 cm³/mol. The maximum Gasteiger partial charge on any atom is 0.127 e. The van der Waals surface area contributed by atoms with Gasteiger partial charge < -0.3 is 14.8 Å². The van der Waals surface area contributed by atoms with Gasteiger partial charge in [-0.15, -0.1) is 0 Å². The Bertz CT molecular complexity index is 374. The SMILES string of the molecule is CNC(c1ccc(OC)cc1OC)C1CCC1. The standard InChI is InChI=1S/C14H21NO2/c1-15-14(10-5-4-6-10)12-8-7-11(16-2)9-13(12)17-3/h7-10,14-15H,4-6H2,1-3H3. The van der Waals surface area contributed by atoms with Gasteiger partial charge in [0.15, 0.2) is 0 Å². The largest absolute Gasteiger partial charge is 0.497 e. The van der Waals surface area contributed by atoms with E-state index in [1.807, 2.05) is 19.2 Å². The first-order chi connectivity index (χ1) is 8.30. The molecule has 1 fully saturated rings. The van der Waals surface area contributed by atoms with Gasteiger partial charge in [-0.1, -0.05) is 12.5 Å².